The quantitative estimate of drug-likeness (QED) is 0.0657. The van der Waals surface area contributed by atoms with E-state index in [1.165, 1.54) is 62.8 Å². The smallest absolute Gasteiger partial charge is 0.744 e. The largest absolute Gasteiger partial charge is 1.00 e. The van der Waals surface area contributed by atoms with Crippen LogP contribution in [-0.2, 0) is 40.5 Å². The van der Waals surface area contributed by atoms with Crippen LogP contribution in [0.15, 0.2) is 125 Å². The van der Waals surface area contributed by atoms with Crippen LogP contribution in [0.1, 0.15) is 11.1 Å². The topological polar surface area (TPSA) is 338 Å². The van der Waals surface area contributed by atoms with Gasteiger partial charge >= 0.3 is 135 Å². The number of rotatable bonds is 12. The van der Waals surface area contributed by atoms with E-state index in [0.717, 1.165) is 30.3 Å². The second-order valence-electron chi connectivity index (χ2n) is 13.1. The molecule has 0 aliphatic carbocycles. The maximum Gasteiger partial charge on any atom is 1.00 e. The Hall–Kier alpha value is -2.22. The molecule has 0 aliphatic heterocycles. The van der Waals surface area contributed by atoms with Gasteiger partial charge < -0.3 is 38.3 Å². The Kier molecular flexibility index (Phi) is 21.4. The van der Waals surface area contributed by atoms with E-state index in [2.05, 4.69) is 31.1 Å². The summed E-state index contributed by atoms with van der Waals surface area (Å²) < 4.78 is 153. The van der Waals surface area contributed by atoms with Gasteiger partial charge in [-0.25, -0.2) is 38.5 Å². The number of hydrogen-bond acceptors (Lipinski definition) is 19. The second-order valence-corrected chi connectivity index (χ2v) is 18.5. The van der Waals surface area contributed by atoms with Crippen LogP contribution in [0.2, 0.25) is 0 Å². The van der Waals surface area contributed by atoms with Crippen molar-refractivity contribution in [3.8, 4) is 11.5 Å². The monoisotopic (exact) mass is 1020 g/mol. The molecule has 0 aliphatic rings. The molecule has 0 unspecified atom stereocenters. The van der Waals surface area contributed by atoms with E-state index in [-0.39, 0.29) is 197 Å². The van der Waals surface area contributed by atoms with Crippen LogP contribution in [0.5, 0.6) is 11.5 Å². The SMILES string of the molecule is COc1cc(N=Nc2ccc3cc(S(=O)(=O)[O-])cc(S(=O)(=O)[O-])c3c2)c(C)cc1NC(=O)Nc1cc(C)c(N=Nc2cc(S(=O)(=O)[O-])c3cccc(S(=O)(=O)[O-])c3c2)cc1OC.[K+].[Li+].[Na+].[Na+]. The molecule has 0 saturated carbocycles. The maximum atomic E-state index is 13.3. The summed E-state index contributed by atoms with van der Waals surface area (Å²) in [4.78, 5) is 9.84. The molecule has 66 heavy (non-hydrogen) atoms. The number of nitrogens with zero attached hydrogens (tertiary/aromatic N) is 4. The first-order valence-electron chi connectivity index (χ1n) is 17.1. The van der Waals surface area contributed by atoms with Crippen molar-refractivity contribution in [1.82, 2.24) is 0 Å². The minimum atomic E-state index is -5.22. The fourth-order valence-electron chi connectivity index (χ4n) is 6.09. The maximum absolute atomic E-state index is 13.3. The molecule has 6 aromatic rings. The fraction of sp³-hybridized carbons (Fsp3) is 0.108. The van der Waals surface area contributed by atoms with Gasteiger partial charge in [-0.1, -0.05) is 18.2 Å². The molecule has 29 heteroatoms. The first kappa shape index (κ1) is 59.9. The third-order valence-corrected chi connectivity index (χ3v) is 12.4. The summed E-state index contributed by atoms with van der Waals surface area (Å²) in [6.45, 7) is 3.22. The Morgan fingerprint density at radius 1 is 0.530 bits per heavy atom. The molecule has 0 aromatic heterocycles. The van der Waals surface area contributed by atoms with Gasteiger partial charge in [0, 0.05) is 28.3 Å². The first-order valence-corrected chi connectivity index (χ1v) is 22.8. The number of urea groups is 1. The normalized spacial score (nSPS) is 11.9. The molecule has 0 saturated heterocycles. The molecular formula is C37H28KLiN6Na2O15S4. The number of fused-ring (bicyclic) bond motifs is 2. The molecule has 21 nitrogen and oxygen atoms in total. The van der Waals surface area contributed by atoms with Gasteiger partial charge in [-0.15, -0.1) is 0 Å². The van der Waals surface area contributed by atoms with Crippen LogP contribution in [0.25, 0.3) is 21.5 Å². The van der Waals surface area contributed by atoms with Gasteiger partial charge in [0.15, 0.2) is 0 Å². The number of amides is 2. The van der Waals surface area contributed by atoms with Crippen molar-refractivity contribution < 1.29 is 196 Å². The van der Waals surface area contributed by atoms with Crippen molar-refractivity contribution in [1.29, 1.82) is 0 Å². The standard InChI is InChI=1S/C37H32N6O15S4.K.Li.2Na/c1-19-10-30(32(57-3)17-28(19)42-40-22-9-8-21-12-24(59(45,46)47)16-36(26(21)13-22)62(54,55)56)38-37(44)39-31-11-20(2)29(18-33(31)58-4)43-41-23-14-27-25(35(15-23)61(51,52)53)6-5-7-34(27)60(48,49)50;;;;/h5-18H,1-4H3,(H2,38,39,44)(H,45,46,47)(H,48,49,50)(H,51,52,53)(H,54,55,56);;;;/q;4*+1/p-4. The van der Waals surface area contributed by atoms with Crippen LogP contribution in [0.4, 0.5) is 38.9 Å². The zero-order chi connectivity index (χ0) is 45.5. The van der Waals surface area contributed by atoms with Crippen LogP contribution < -0.4 is 149 Å². The molecule has 324 valence electrons. The predicted molar refractivity (Wildman–Crippen MR) is 216 cm³/mol. The van der Waals surface area contributed by atoms with E-state index in [1.54, 1.807) is 13.8 Å². The number of benzene rings is 6. The Bertz CT molecular complexity index is 3410. The zero-order valence-electron chi connectivity index (χ0n) is 36.1. The molecule has 6 rings (SSSR count). The molecule has 0 spiro atoms. The fourth-order valence-corrected chi connectivity index (χ4v) is 8.81. The van der Waals surface area contributed by atoms with Crippen LogP contribution in [-0.4, -0.2) is 72.1 Å². The summed E-state index contributed by atoms with van der Waals surface area (Å²) in [5, 5.41) is 20.8. The van der Waals surface area contributed by atoms with E-state index in [1.807, 2.05) is 0 Å². The zero-order valence-corrected chi connectivity index (χ0v) is 46.5. The van der Waals surface area contributed by atoms with Crippen molar-refractivity contribution in [2.45, 2.75) is 33.4 Å². The first-order chi connectivity index (χ1) is 28.9. The van der Waals surface area contributed by atoms with Gasteiger partial charge in [-0.2, -0.15) is 20.5 Å². The number of aryl methyl sites for hydroxylation is 2. The minimum absolute atomic E-state index is 0. The number of methoxy groups -OCH3 is 2. The summed E-state index contributed by atoms with van der Waals surface area (Å²) >= 11 is 0. The van der Waals surface area contributed by atoms with Gasteiger partial charge in [-0.05, 0) is 85.0 Å². The summed E-state index contributed by atoms with van der Waals surface area (Å²) in [7, 11) is -18.0. The third kappa shape index (κ3) is 14.2. The van der Waals surface area contributed by atoms with Crippen molar-refractivity contribution in [2.24, 2.45) is 20.5 Å². The van der Waals surface area contributed by atoms with Gasteiger partial charge in [0.1, 0.15) is 52.0 Å². The average Bonchev–Trinajstić information content (AvgIpc) is 3.17. The third-order valence-electron chi connectivity index (χ3n) is 8.95. The molecule has 0 radical (unpaired) electrons. The number of anilines is 2. The van der Waals surface area contributed by atoms with E-state index >= 15 is 0 Å². The minimum Gasteiger partial charge on any atom is -0.744 e. The summed E-state index contributed by atoms with van der Waals surface area (Å²) in [6, 6.07) is 15.5. The molecular weight excluding hydrogens is 989 g/mol. The van der Waals surface area contributed by atoms with E-state index in [0.29, 0.717) is 17.2 Å². The van der Waals surface area contributed by atoms with Gasteiger partial charge in [-0.3, -0.25) is 0 Å². The molecule has 0 fully saturated rings. The number of carbonyl (C=O) groups excluding carboxylic acids is 1. The van der Waals surface area contributed by atoms with Gasteiger partial charge in [0.05, 0.1) is 67.9 Å². The van der Waals surface area contributed by atoms with Crippen LogP contribution >= 0.6 is 0 Å². The summed E-state index contributed by atoms with van der Waals surface area (Å²) in [6.07, 6.45) is 0. The molecule has 0 heterocycles. The van der Waals surface area contributed by atoms with E-state index in [4.69, 9.17) is 9.47 Å². The molecule has 0 bridgehead atoms. The molecule has 6 aromatic carbocycles. The van der Waals surface area contributed by atoms with Gasteiger partial charge in [0.2, 0.25) is 0 Å². The predicted octanol–water partition coefficient (Wildman–Crippen LogP) is -5.27. The van der Waals surface area contributed by atoms with Crippen molar-refractivity contribution >= 4 is 102 Å². The molecule has 2 N–H and O–H groups in total. The second kappa shape index (κ2) is 23.6. The Morgan fingerprint density at radius 3 is 1.47 bits per heavy atom. The van der Waals surface area contributed by atoms with Crippen molar-refractivity contribution in [3.05, 3.63) is 96.1 Å². The summed E-state index contributed by atoms with van der Waals surface area (Å²) in [5.74, 6) is 0.217. The Balaban J connectivity index is 0.00000374. The number of ether oxygens (including phenoxy) is 2. The van der Waals surface area contributed by atoms with E-state index < -0.39 is 66.1 Å². The van der Waals surface area contributed by atoms with E-state index in [9.17, 15) is 56.7 Å². The van der Waals surface area contributed by atoms with Crippen molar-refractivity contribution in [3.63, 3.8) is 0 Å². The average molecular weight is 1020 g/mol. The van der Waals surface area contributed by atoms with Crippen LogP contribution in [0.3, 0.4) is 0 Å². The molecule has 2 amide bonds. The number of carbonyl (C=O) groups is 1. The number of azo groups is 2. The number of nitrogens with one attached hydrogen (secondary N) is 2. The van der Waals surface area contributed by atoms with Crippen molar-refractivity contribution in [2.75, 3.05) is 24.9 Å². The Labute approximate surface area is 477 Å². The Morgan fingerprint density at radius 2 is 1.00 bits per heavy atom. The molecule has 0 atom stereocenters. The number of hydrogen-bond donors (Lipinski definition) is 2. The van der Waals surface area contributed by atoms with Gasteiger partial charge in [0.25, 0.3) is 0 Å². The van der Waals surface area contributed by atoms with Crippen LogP contribution in [0, 0.1) is 13.8 Å². The summed E-state index contributed by atoms with van der Waals surface area (Å²) in [5.41, 5.74) is 1.40.